The van der Waals surface area contributed by atoms with Gasteiger partial charge in [-0.1, -0.05) is 6.07 Å². The minimum Gasteiger partial charge on any atom is -0.309 e. The van der Waals surface area contributed by atoms with E-state index < -0.39 is 9.92 Å². The van der Waals surface area contributed by atoms with Gasteiger partial charge in [0, 0.05) is 6.54 Å². The van der Waals surface area contributed by atoms with Gasteiger partial charge >= 0.3 is 0 Å². The number of rotatable bonds is 5. The minimum atomic E-state index is -2.93. The van der Waals surface area contributed by atoms with Crippen molar-refractivity contribution in [3.8, 4) is 0 Å². The van der Waals surface area contributed by atoms with Gasteiger partial charge in [-0.05, 0) is 92.8 Å². The number of nitrogens with zero attached hydrogens (tertiary/aromatic N) is 2. The molecule has 1 amide bonds. The second-order valence-electron chi connectivity index (χ2n) is 8.41. The number of hydrogen-bond donors (Lipinski definition) is 1. The first-order valence-electron chi connectivity index (χ1n) is 9.72. The molecule has 1 aromatic carbocycles. The van der Waals surface area contributed by atoms with Crippen molar-refractivity contribution in [2.75, 3.05) is 20.6 Å². The zero-order valence-corrected chi connectivity index (χ0v) is 16.6. The fraction of sp³-hybridized carbons (Fsp3) is 0.650. The molecule has 0 radical (unpaired) electrons. The molecule has 2 N–H and O–H groups in total. The number of fused-ring (bicyclic) bond motifs is 2. The highest BCUT2D eigenvalue weighted by atomic mass is 32.2. The van der Waals surface area contributed by atoms with Crippen LogP contribution in [0.4, 0.5) is 0 Å². The molecule has 1 fully saturated rings. The van der Waals surface area contributed by atoms with Gasteiger partial charge in [0.2, 0.25) is 0 Å². The van der Waals surface area contributed by atoms with Crippen molar-refractivity contribution in [1.82, 2.24) is 4.90 Å². The van der Waals surface area contributed by atoms with Crippen molar-refractivity contribution in [3.05, 3.63) is 33.9 Å². The molecule has 4 rings (SSSR count). The molecule has 26 heavy (non-hydrogen) atoms. The maximum atomic E-state index is 12.8. The summed E-state index contributed by atoms with van der Waals surface area (Å²) in [5, 5.41) is 5.85. The van der Waals surface area contributed by atoms with Crippen LogP contribution in [0.5, 0.6) is 0 Å². The molecule has 0 bridgehead atoms. The van der Waals surface area contributed by atoms with Gasteiger partial charge in [0.15, 0.2) is 0 Å². The van der Waals surface area contributed by atoms with Crippen LogP contribution >= 0.6 is 0 Å². The van der Waals surface area contributed by atoms with Crippen molar-refractivity contribution in [2.24, 2.45) is 15.4 Å². The zero-order valence-electron chi connectivity index (χ0n) is 15.8. The van der Waals surface area contributed by atoms with E-state index in [0.29, 0.717) is 5.92 Å². The predicted molar refractivity (Wildman–Crippen MR) is 104 cm³/mol. The molecule has 0 aliphatic heterocycles. The monoisotopic (exact) mass is 375 g/mol. The molecule has 3 aliphatic carbocycles. The largest absolute Gasteiger partial charge is 0.309 e. The molecule has 0 spiro atoms. The topological polar surface area (TPSA) is 75.8 Å². The lowest BCUT2D eigenvalue weighted by molar-refractivity contribution is -0.117. The average Bonchev–Trinajstić information content (AvgIpc) is 2.95. The normalized spacial score (nSPS) is 25.7. The molecule has 5 nitrogen and oxygen atoms in total. The molecule has 3 aliphatic rings. The molecule has 3 unspecified atom stereocenters. The molecule has 1 aromatic rings. The summed E-state index contributed by atoms with van der Waals surface area (Å²) in [5.41, 5.74) is 6.71. The van der Waals surface area contributed by atoms with E-state index in [1.165, 1.54) is 40.7 Å². The first kappa shape index (κ1) is 18.1. The fourth-order valence-electron chi connectivity index (χ4n) is 4.85. The second kappa shape index (κ2) is 6.73. The molecular formula is C20H29N3O2S. The van der Waals surface area contributed by atoms with Crippen molar-refractivity contribution in [2.45, 2.75) is 56.6 Å². The smallest absolute Gasteiger partial charge is 0.259 e. The summed E-state index contributed by atoms with van der Waals surface area (Å²) in [4.78, 5) is 14.7. The third kappa shape index (κ3) is 3.47. The Kier molecular flexibility index (Phi) is 4.70. The molecular weight excluding hydrogens is 346 g/mol. The predicted octanol–water partition coefficient (Wildman–Crippen LogP) is 2.02. The lowest BCUT2D eigenvalue weighted by atomic mass is 9.92. The van der Waals surface area contributed by atoms with Crippen LogP contribution in [0.2, 0.25) is 0 Å². The third-order valence-electron chi connectivity index (χ3n) is 6.06. The number of hydrogen-bond acceptors (Lipinski definition) is 3. The van der Waals surface area contributed by atoms with Crippen LogP contribution in [-0.4, -0.2) is 40.9 Å². The summed E-state index contributed by atoms with van der Waals surface area (Å²) in [5.74, 6) is -0.00771. The Morgan fingerprint density at radius 2 is 1.81 bits per heavy atom. The Morgan fingerprint density at radius 3 is 2.38 bits per heavy atom. The highest BCUT2D eigenvalue weighted by molar-refractivity contribution is 7.92. The average molecular weight is 376 g/mol. The van der Waals surface area contributed by atoms with E-state index >= 15 is 0 Å². The Balaban J connectivity index is 1.56. The van der Waals surface area contributed by atoms with Gasteiger partial charge in [-0.15, -0.1) is 4.36 Å². The van der Waals surface area contributed by atoms with Crippen LogP contribution in [0.15, 0.2) is 10.4 Å². The summed E-state index contributed by atoms with van der Waals surface area (Å²) in [6.45, 7) is 0.849. The van der Waals surface area contributed by atoms with Crippen molar-refractivity contribution in [1.29, 1.82) is 0 Å². The lowest BCUT2D eigenvalue weighted by Gasteiger charge is -2.14. The number of benzene rings is 1. The van der Waals surface area contributed by atoms with Crippen LogP contribution in [0.25, 0.3) is 0 Å². The van der Waals surface area contributed by atoms with Crippen molar-refractivity contribution < 1.29 is 9.00 Å². The van der Waals surface area contributed by atoms with Crippen molar-refractivity contribution >= 4 is 15.8 Å². The van der Waals surface area contributed by atoms with Crippen LogP contribution in [-0.2, 0) is 46.8 Å². The standard InChI is InChI=1S/C20H29N3O2S/c1-23(2)12-15-10-19(15)26(21,25)22-20(24)11-18-16-7-3-5-13(16)9-14-6-4-8-17(14)18/h9,15,19H,3-8,10-12H2,1-2H3,(H2,21,22,24,25). The lowest BCUT2D eigenvalue weighted by Crippen LogP contribution is -2.24. The fourth-order valence-corrected chi connectivity index (χ4v) is 6.53. The van der Waals surface area contributed by atoms with E-state index in [0.717, 1.165) is 38.6 Å². The molecule has 3 atom stereocenters. The summed E-state index contributed by atoms with van der Waals surface area (Å²) in [6, 6.07) is 2.36. The summed E-state index contributed by atoms with van der Waals surface area (Å²) < 4.78 is 16.8. The molecule has 1 saturated carbocycles. The van der Waals surface area contributed by atoms with Crippen LogP contribution in [0, 0.1) is 5.92 Å². The van der Waals surface area contributed by atoms with E-state index in [-0.39, 0.29) is 17.6 Å². The Bertz CT molecular complexity index is 836. The van der Waals surface area contributed by atoms with Gasteiger partial charge in [0.1, 0.15) is 9.92 Å². The first-order valence-corrected chi connectivity index (χ1v) is 11.4. The maximum absolute atomic E-state index is 12.8. The number of carbonyl (C=O) groups excluding carboxylic acids is 1. The quantitative estimate of drug-likeness (QED) is 0.855. The van der Waals surface area contributed by atoms with Gasteiger partial charge in [0.25, 0.3) is 5.91 Å². The van der Waals surface area contributed by atoms with Gasteiger partial charge < -0.3 is 4.90 Å². The number of carbonyl (C=O) groups is 1. The highest BCUT2D eigenvalue weighted by Crippen LogP contribution is 2.38. The molecule has 0 saturated heterocycles. The maximum Gasteiger partial charge on any atom is 0.259 e. The van der Waals surface area contributed by atoms with E-state index in [4.69, 9.17) is 5.14 Å². The zero-order chi connectivity index (χ0) is 18.5. The summed E-state index contributed by atoms with van der Waals surface area (Å²) in [6.07, 6.45) is 7.74. The SMILES string of the molecule is CN(C)CC1CC1S(N)(=O)=NC(=O)Cc1c2c(cc3c1CCC3)CCC2. The van der Waals surface area contributed by atoms with Gasteiger partial charge in [-0.25, -0.2) is 9.35 Å². The van der Waals surface area contributed by atoms with Gasteiger partial charge in [-0.3, -0.25) is 4.79 Å². The van der Waals surface area contributed by atoms with Crippen LogP contribution in [0.1, 0.15) is 47.1 Å². The molecule has 0 aromatic heterocycles. The highest BCUT2D eigenvalue weighted by Gasteiger charge is 2.44. The Hall–Kier alpha value is -1.24. The first-order chi connectivity index (χ1) is 12.3. The molecule has 142 valence electrons. The van der Waals surface area contributed by atoms with Gasteiger partial charge in [0.05, 0.1) is 11.7 Å². The van der Waals surface area contributed by atoms with Crippen molar-refractivity contribution in [3.63, 3.8) is 0 Å². The van der Waals surface area contributed by atoms with Crippen LogP contribution < -0.4 is 5.14 Å². The summed E-state index contributed by atoms with van der Waals surface area (Å²) >= 11 is 0. The number of aryl methyl sites for hydroxylation is 2. The Morgan fingerprint density at radius 1 is 1.19 bits per heavy atom. The molecule has 6 heteroatoms. The second-order valence-corrected chi connectivity index (χ2v) is 10.4. The third-order valence-corrected chi connectivity index (χ3v) is 8.00. The van der Waals surface area contributed by atoms with E-state index in [1.807, 2.05) is 14.1 Å². The minimum absolute atomic E-state index is 0.138. The number of amides is 1. The van der Waals surface area contributed by atoms with E-state index in [1.54, 1.807) is 0 Å². The Labute approximate surface area is 156 Å². The summed E-state index contributed by atoms with van der Waals surface area (Å²) in [7, 11) is 1.05. The van der Waals surface area contributed by atoms with E-state index in [2.05, 4.69) is 15.3 Å². The number of nitrogens with two attached hydrogens (primary N) is 1. The van der Waals surface area contributed by atoms with E-state index in [9.17, 15) is 9.00 Å². The van der Waals surface area contributed by atoms with Gasteiger partial charge in [-0.2, -0.15) is 0 Å². The molecule has 0 heterocycles. The van der Waals surface area contributed by atoms with Crippen LogP contribution in [0.3, 0.4) is 0 Å².